The second-order valence-electron chi connectivity index (χ2n) is 5.58. The van der Waals surface area contributed by atoms with Gasteiger partial charge in [0.1, 0.15) is 0 Å². The zero-order valence-corrected chi connectivity index (χ0v) is 13.0. The fraction of sp³-hybridized carbons (Fsp3) is 0.412. The minimum absolute atomic E-state index is 0.476. The Hall–Kier alpha value is -1.32. The zero-order chi connectivity index (χ0) is 14.1. The number of aryl methyl sites for hydroxylation is 1. The van der Waals surface area contributed by atoms with E-state index < -0.39 is 0 Å². The van der Waals surface area contributed by atoms with E-state index in [-0.39, 0.29) is 0 Å². The van der Waals surface area contributed by atoms with Gasteiger partial charge in [0.15, 0.2) is 0 Å². The summed E-state index contributed by atoms with van der Waals surface area (Å²) in [5.41, 5.74) is 11.2. The molecule has 20 heavy (non-hydrogen) atoms. The van der Waals surface area contributed by atoms with Crippen LogP contribution in [0.15, 0.2) is 29.6 Å². The van der Waals surface area contributed by atoms with Crippen LogP contribution < -0.4 is 10.6 Å². The van der Waals surface area contributed by atoms with Crippen LogP contribution in [0.3, 0.4) is 0 Å². The summed E-state index contributed by atoms with van der Waals surface area (Å²) in [5, 5.41) is 2.22. The van der Waals surface area contributed by atoms with Crippen molar-refractivity contribution in [1.82, 2.24) is 0 Å². The van der Waals surface area contributed by atoms with Crippen LogP contribution in [0, 0.1) is 6.92 Å². The van der Waals surface area contributed by atoms with E-state index >= 15 is 0 Å². The van der Waals surface area contributed by atoms with Gasteiger partial charge in [-0.3, -0.25) is 0 Å². The third kappa shape index (κ3) is 2.36. The second kappa shape index (κ2) is 5.58. The van der Waals surface area contributed by atoms with Gasteiger partial charge in [-0.05, 0) is 67.4 Å². The maximum absolute atomic E-state index is 5.65. The maximum Gasteiger partial charge on any atom is 0.0525 e. The number of nitrogens with zero attached hydrogens (tertiary/aromatic N) is 1. The smallest absolute Gasteiger partial charge is 0.0525 e. The minimum Gasteiger partial charge on any atom is -0.364 e. The van der Waals surface area contributed by atoms with Gasteiger partial charge in [-0.25, -0.2) is 0 Å². The summed E-state index contributed by atoms with van der Waals surface area (Å²) >= 11 is 1.90. The Morgan fingerprint density at radius 1 is 1.35 bits per heavy atom. The van der Waals surface area contributed by atoms with Crippen LogP contribution in [-0.2, 0) is 12.8 Å². The van der Waals surface area contributed by atoms with Crippen LogP contribution in [0.2, 0.25) is 0 Å². The SMILES string of the molecule is Cc1cc(CCN)ccc1N1CCc2sccc2C1C. The van der Waals surface area contributed by atoms with E-state index in [1.54, 1.807) is 4.88 Å². The Balaban J connectivity index is 1.90. The molecular formula is C17H22N2S. The summed E-state index contributed by atoms with van der Waals surface area (Å²) in [6.45, 7) is 6.37. The predicted octanol–water partition coefficient (Wildman–Crippen LogP) is 3.68. The van der Waals surface area contributed by atoms with Crippen molar-refractivity contribution in [2.45, 2.75) is 32.7 Å². The van der Waals surface area contributed by atoms with Gasteiger partial charge in [0.25, 0.3) is 0 Å². The Morgan fingerprint density at radius 2 is 2.20 bits per heavy atom. The monoisotopic (exact) mass is 286 g/mol. The van der Waals surface area contributed by atoms with E-state index in [9.17, 15) is 0 Å². The van der Waals surface area contributed by atoms with Gasteiger partial charge in [-0.2, -0.15) is 0 Å². The highest BCUT2D eigenvalue weighted by molar-refractivity contribution is 7.10. The lowest BCUT2D eigenvalue weighted by Gasteiger charge is -2.36. The van der Waals surface area contributed by atoms with Crippen LogP contribution in [0.25, 0.3) is 0 Å². The lowest BCUT2D eigenvalue weighted by molar-refractivity contribution is 0.631. The van der Waals surface area contributed by atoms with E-state index in [2.05, 4.69) is 48.4 Å². The molecule has 2 nitrogen and oxygen atoms in total. The van der Waals surface area contributed by atoms with Gasteiger partial charge >= 0.3 is 0 Å². The number of hydrogen-bond acceptors (Lipinski definition) is 3. The maximum atomic E-state index is 5.65. The van der Waals surface area contributed by atoms with Crippen LogP contribution in [0.4, 0.5) is 5.69 Å². The van der Waals surface area contributed by atoms with Crippen molar-refractivity contribution in [3.05, 3.63) is 51.2 Å². The minimum atomic E-state index is 0.476. The summed E-state index contributed by atoms with van der Waals surface area (Å²) in [5.74, 6) is 0. The topological polar surface area (TPSA) is 29.3 Å². The fourth-order valence-electron chi connectivity index (χ4n) is 3.20. The number of anilines is 1. The Bertz CT molecular complexity index is 603. The molecule has 1 aliphatic heterocycles. The first-order chi connectivity index (χ1) is 9.70. The number of benzene rings is 1. The molecule has 0 radical (unpaired) electrons. The van der Waals surface area contributed by atoms with Crippen molar-refractivity contribution in [2.24, 2.45) is 5.73 Å². The molecule has 0 bridgehead atoms. The summed E-state index contributed by atoms with van der Waals surface area (Å²) in [4.78, 5) is 4.10. The summed E-state index contributed by atoms with van der Waals surface area (Å²) < 4.78 is 0. The average Bonchev–Trinajstić information content (AvgIpc) is 2.90. The highest BCUT2D eigenvalue weighted by Gasteiger charge is 2.25. The molecule has 2 aromatic rings. The summed E-state index contributed by atoms with van der Waals surface area (Å²) in [6, 6.07) is 9.55. The van der Waals surface area contributed by atoms with Gasteiger partial charge in [-0.15, -0.1) is 11.3 Å². The van der Waals surface area contributed by atoms with Gasteiger partial charge in [0.05, 0.1) is 6.04 Å². The fourth-order valence-corrected chi connectivity index (χ4v) is 4.16. The van der Waals surface area contributed by atoms with Crippen molar-refractivity contribution in [2.75, 3.05) is 18.0 Å². The van der Waals surface area contributed by atoms with Crippen LogP contribution in [0.5, 0.6) is 0 Å². The largest absolute Gasteiger partial charge is 0.364 e. The van der Waals surface area contributed by atoms with E-state index in [1.165, 1.54) is 28.8 Å². The summed E-state index contributed by atoms with van der Waals surface area (Å²) in [7, 11) is 0. The number of hydrogen-bond donors (Lipinski definition) is 1. The standard InChI is InChI=1S/C17H22N2S/c1-12-11-14(5-8-18)3-4-16(12)19-9-6-17-15(13(19)2)7-10-20-17/h3-4,7,10-11,13H,5-6,8-9,18H2,1-2H3. The normalized spacial score (nSPS) is 18.1. The first-order valence-electron chi connectivity index (χ1n) is 7.33. The Labute approximate surface area is 125 Å². The van der Waals surface area contributed by atoms with Crippen molar-refractivity contribution in [3.8, 4) is 0 Å². The van der Waals surface area contributed by atoms with Crippen molar-refractivity contribution in [3.63, 3.8) is 0 Å². The Morgan fingerprint density at radius 3 is 2.95 bits per heavy atom. The second-order valence-corrected chi connectivity index (χ2v) is 6.58. The van der Waals surface area contributed by atoms with Crippen molar-refractivity contribution < 1.29 is 0 Å². The lowest BCUT2D eigenvalue weighted by Crippen LogP contribution is -2.33. The molecule has 106 valence electrons. The third-order valence-electron chi connectivity index (χ3n) is 4.28. The first-order valence-corrected chi connectivity index (χ1v) is 8.21. The van der Waals surface area contributed by atoms with Crippen LogP contribution in [0.1, 0.15) is 34.5 Å². The van der Waals surface area contributed by atoms with Crippen molar-refractivity contribution in [1.29, 1.82) is 0 Å². The third-order valence-corrected chi connectivity index (χ3v) is 5.28. The molecule has 1 aliphatic rings. The van der Waals surface area contributed by atoms with Gasteiger partial charge in [0, 0.05) is 17.1 Å². The molecule has 1 atom stereocenters. The molecular weight excluding hydrogens is 264 g/mol. The highest BCUT2D eigenvalue weighted by atomic mass is 32.1. The molecule has 1 unspecified atom stereocenters. The average molecular weight is 286 g/mol. The van der Waals surface area contributed by atoms with Crippen LogP contribution >= 0.6 is 11.3 Å². The number of fused-ring (bicyclic) bond motifs is 1. The van der Waals surface area contributed by atoms with E-state index in [0.29, 0.717) is 6.04 Å². The summed E-state index contributed by atoms with van der Waals surface area (Å²) in [6.07, 6.45) is 2.13. The van der Waals surface area contributed by atoms with E-state index in [0.717, 1.165) is 19.5 Å². The highest BCUT2D eigenvalue weighted by Crippen LogP contribution is 2.37. The zero-order valence-electron chi connectivity index (χ0n) is 12.2. The number of thiophene rings is 1. The molecule has 1 aromatic carbocycles. The van der Waals surface area contributed by atoms with E-state index in [4.69, 9.17) is 5.73 Å². The molecule has 3 heteroatoms. The first kappa shape index (κ1) is 13.7. The lowest BCUT2D eigenvalue weighted by atomic mass is 9.98. The molecule has 1 aromatic heterocycles. The Kier molecular flexibility index (Phi) is 3.81. The van der Waals surface area contributed by atoms with Gasteiger partial charge in [-0.1, -0.05) is 12.1 Å². The van der Waals surface area contributed by atoms with Gasteiger partial charge < -0.3 is 10.6 Å². The molecule has 0 saturated carbocycles. The number of nitrogens with two attached hydrogens (primary N) is 1. The molecule has 3 rings (SSSR count). The molecule has 0 fully saturated rings. The van der Waals surface area contributed by atoms with Crippen LogP contribution in [-0.4, -0.2) is 13.1 Å². The molecule has 2 N–H and O–H groups in total. The van der Waals surface area contributed by atoms with E-state index in [1.807, 2.05) is 11.3 Å². The van der Waals surface area contributed by atoms with Gasteiger partial charge in [0.2, 0.25) is 0 Å². The number of rotatable bonds is 3. The molecule has 2 heterocycles. The molecule has 0 amide bonds. The molecule has 0 saturated heterocycles. The quantitative estimate of drug-likeness (QED) is 0.932. The molecule has 0 spiro atoms. The predicted molar refractivity (Wildman–Crippen MR) is 87.7 cm³/mol. The van der Waals surface area contributed by atoms with Crippen molar-refractivity contribution >= 4 is 17.0 Å². The molecule has 0 aliphatic carbocycles.